The van der Waals surface area contributed by atoms with Crippen molar-refractivity contribution in [2.75, 3.05) is 11.9 Å². The van der Waals surface area contributed by atoms with Crippen LogP contribution in [0.25, 0.3) is 11.5 Å². The van der Waals surface area contributed by atoms with E-state index in [-0.39, 0.29) is 17.0 Å². The number of nitrogens with one attached hydrogen (secondary N) is 1. The molecule has 3 aromatic rings. The second-order valence-electron chi connectivity index (χ2n) is 8.17. The first-order chi connectivity index (χ1) is 15.3. The molecule has 0 radical (unpaired) electrons. The van der Waals surface area contributed by atoms with E-state index in [1.165, 1.54) is 24.3 Å². The molecule has 4 rings (SSSR count). The van der Waals surface area contributed by atoms with Crippen LogP contribution in [0.3, 0.4) is 0 Å². The minimum absolute atomic E-state index is 0.0242. The van der Waals surface area contributed by atoms with Crippen molar-refractivity contribution in [3.8, 4) is 11.5 Å². The van der Waals surface area contributed by atoms with Crippen molar-refractivity contribution in [2.24, 2.45) is 0 Å². The number of aryl methyl sites for hydroxylation is 2. The predicted octanol–water partition coefficient (Wildman–Crippen LogP) is 4.17. The van der Waals surface area contributed by atoms with Crippen molar-refractivity contribution in [1.29, 1.82) is 0 Å². The molecule has 1 atom stereocenters. The standard InChI is InChI=1S/C23H26N4O4S/c1-15-7-12-20(16(2)14-15)22-25-26-23(31-22)24-21(28)18-8-10-19(11-9-18)32(29,30)27-13-5-4-6-17(27)3/h7-12,14,17H,4-6,13H2,1-3H3,(H,24,26,28)/t17-/m0/s1. The van der Waals surface area contributed by atoms with Crippen LogP contribution in [0.1, 0.15) is 47.7 Å². The summed E-state index contributed by atoms with van der Waals surface area (Å²) in [6, 6.07) is 11.7. The van der Waals surface area contributed by atoms with Gasteiger partial charge in [-0.05, 0) is 69.5 Å². The summed E-state index contributed by atoms with van der Waals surface area (Å²) >= 11 is 0. The molecule has 1 N–H and O–H groups in total. The van der Waals surface area contributed by atoms with Gasteiger partial charge in [0.1, 0.15) is 0 Å². The molecular weight excluding hydrogens is 428 g/mol. The molecule has 8 nitrogen and oxygen atoms in total. The quantitative estimate of drug-likeness (QED) is 0.620. The van der Waals surface area contributed by atoms with Gasteiger partial charge in [-0.3, -0.25) is 10.1 Å². The fraction of sp³-hybridized carbons (Fsp3) is 0.348. The highest BCUT2D eigenvalue weighted by atomic mass is 32.2. The molecule has 1 aliphatic rings. The zero-order chi connectivity index (χ0) is 22.9. The lowest BCUT2D eigenvalue weighted by molar-refractivity contribution is 0.102. The molecule has 0 saturated carbocycles. The van der Waals surface area contributed by atoms with Crippen LogP contribution in [-0.4, -0.2) is 41.4 Å². The number of nitrogens with zero attached hydrogens (tertiary/aromatic N) is 3. The van der Waals surface area contributed by atoms with E-state index >= 15 is 0 Å². The van der Waals surface area contributed by atoms with Gasteiger partial charge in [-0.25, -0.2) is 8.42 Å². The molecule has 0 unspecified atom stereocenters. The molecule has 1 fully saturated rings. The maximum Gasteiger partial charge on any atom is 0.322 e. The zero-order valence-corrected chi connectivity index (χ0v) is 19.1. The molecule has 0 aliphatic carbocycles. The predicted molar refractivity (Wildman–Crippen MR) is 121 cm³/mol. The second kappa shape index (κ2) is 8.84. The maximum atomic E-state index is 12.9. The highest BCUT2D eigenvalue weighted by molar-refractivity contribution is 7.89. The van der Waals surface area contributed by atoms with Crippen LogP contribution >= 0.6 is 0 Å². The number of sulfonamides is 1. The first-order valence-electron chi connectivity index (χ1n) is 10.6. The Kier molecular flexibility index (Phi) is 6.12. The molecule has 1 aliphatic heterocycles. The van der Waals surface area contributed by atoms with Gasteiger partial charge in [0.25, 0.3) is 5.91 Å². The van der Waals surface area contributed by atoms with E-state index in [0.717, 1.165) is 36.0 Å². The number of piperidine rings is 1. The van der Waals surface area contributed by atoms with Gasteiger partial charge in [-0.1, -0.05) is 29.2 Å². The van der Waals surface area contributed by atoms with Crippen LogP contribution in [0, 0.1) is 13.8 Å². The molecule has 1 aromatic heterocycles. The normalized spacial score (nSPS) is 17.3. The lowest BCUT2D eigenvalue weighted by Gasteiger charge is -2.32. The Hall–Kier alpha value is -3.04. The summed E-state index contributed by atoms with van der Waals surface area (Å²) in [4.78, 5) is 12.8. The second-order valence-corrected chi connectivity index (χ2v) is 10.1. The van der Waals surface area contributed by atoms with Crippen molar-refractivity contribution in [1.82, 2.24) is 14.5 Å². The van der Waals surface area contributed by atoms with Crippen LogP contribution in [0.2, 0.25) is 0 Å². The minimum Gasteiger partial charge on any atom is -0.403 e. The maximum absolute atomic E-state index is 12.9. The number of hydrogen-bond acceptors (Lipinski definition) is 6. The Morgan fingerprint density at radius 3 is 2.53 bits per heavy atom. The van der Waals surface area contributed by atoms with Crippen LogP contribution in [0.4, 0.5) is 6.01 Å². The number of rotatable bonds is 5. The molecule has 0 spiro atoms. The van der Waals surface area contributed by atoms with Gasteiger partial charge in [-0.15, -0.1) is 5.10 Å². The largest absolute Gasteiger partial charge is 0.403 e. The summed E-state index contributed by atoms with van der Waals surface area (Å²) in [6.07, 6.45) is 2.75. The van der Waals surface area contributed by atoms with Crippen molar-refractivity contribution < 1.29 is 17.6 Å². The van der Waals surface area contributed by atoms with Crippen molar-refractivity contribution in [3.05, 3.63) is 59.2 Å². The van der Waals surface area contributed by atoms with Gasteiger partial charge in [0.05, 0.1) is 4.90 Å². The highest BCUT2D eigenvalue weighted by Crippen LogP contribution is 2.26. The van der Waals surface area contributed by atoms with Crippen LogP contribution < -0.4 is 5.32 Å². The number of anilines is 1. The molecule has 2 heterocycles. The SMILES string of the molecule is Cc1ccc(-c2nnc(NC(=O)c3ccc(S(=O)(=O)N4CCCC[C@@H]4C)cc3)o2)c(C)c1. The molecule has 32 heavy (non-hydrogen) atoms. The van der Waals surface area contributed by atoms with E-state index in [9.17, 15) is 13.2 Å². The van der Waals surface area contributed by atoms with E-state index < -0.39 is 15.9 Å². The minimum atomic E-state index is -3.59. The Bertz CT molecular complexity index is 1240. The van der Waals surface area contributed by atoms with E-state index in [4.69, 9.17) is 4.42 Å². The number of aromatic nitrogens is 2. The summed E-state index contributed by atoms with van der Waals surface area (Å²) in [6.45, 7) is 6.39. The number of amides is 1. The van der Waals surface area contributed by atoms with Gasteiger partial charge < -0.3 is 4.42 Å². The Balaban J connectivity index is 1.47. The third-order valence-electron chi connectivity index (χ3n) is 5.72. The third kappa shape index (κ3) is 4.44. The van der Waals surface area contributed by atoms with E-state index in [1.807, 2.05) is 39.0 Å². The van der Waals surface area contributed by atoms with Gasteiger partial charge in [0, 0.05) is 23.7 Å². The summed E-state index contributed by atoms with van der Waals surface area (Å²) in [5, 5.41) is 10.5. The molecule has 9 heteroatoms. The highest BCUT2D eigenvalue weighted by Gasteiger charge is 2.31. The van der Waals surface area contributed by atoms with E-state index in [1.54, 1.807) is 4.31 Å². The fourth-order valence-electron chi connectivity index (χ4n) is 3.95. The van der Waals surface area contributed by atoms with E-state index in [0.29, 0.717) is 18.0 Å². The number of benzene rings is 2. The molecule has 2 aromatic carbocycles. The average molecular weight is 455 g/mol. The summed E-state index contributed by atoms with van der Waals surface area (Å²) < 4.78 is 33.0. The summed E-state index contributed by atoms with van der Waals surface area (Å²) in [7, 11) is -3.59. The molecular formula is C23H26N4O4S. The van der Waals surface area contributed by atoms with E-state index in [2.05, 4.69) is 15.5 Å². The number of carbonyl (C=O) groups excluding carboxylic acids is 1. The first-order valence-corrected chi connectivity index (χ1v) is 12.0. The molecule has 1 saturated heterocycles. The van der Waals surface area contributed by atoms with Gasteiger partial charge in [0.15, 0.2) is 0 Å². The van der Waals surface area contributed by atoms with Crippen LogP contribution in [-0.2, 0) is 10.0 Å². The van der Waals surface area contributed by atoms with Gasteiger partial charge in [-0.2, -0.15) is 4.31 Å². The summed E-state index contributed by atoms with van der Waals surface area (Å²) in [5.41, 5.74) is 3.21. The zero-order valence-electron chi connectivity index (χ0n) is 18.3. The number of carbonyl (C=O) groups is 1. The molecule has 0 bridgehead atoms. The Labute approximate surface area is 187 Å². The smallest absolute Gasteiger partial charge is 0.322 e. The van der Waals surface area contributed by atoms with Crippen molar-refractivity contribution >= 4 is 21.9 Å². The average Bonchev–Trinajstić information content (AvgIpc) is 3.22. The third-order valence-corrected chi connectivity index (χ3v) is 7.75. The number of hydrogen-bond donors (Lipinski definition) is 1. The topological polar surface area (TPSA) is 105 Å². The first kappa shape index (κ1) is 22.2. The van der Waals surface area contributed by atoms with Gasteiger partial charge in [0.2, 0.25) is 15.9 Å². The van der Waals surface area contributed by atoms with Crippen LogP contribution in [0.5, 0.6) is 0 Å². The lowest BCUT2D eigenvalue weighted by atomic mass is 10.1. The Morgan fingerprint density at radius 1 is 1.09 bits per heavy atom. The molecule has 168 valence electrons. The van der Waals surface area contributed by atoms with Gasteiger partial charge >= 0.3 is 6.01 Å². The monoisotopic (exact) mass is 454 g/mol. The van der Waals surface area contributed by atoms with Crippen molar-refractivity contribution in [2.45, 2.75) is 51.0 Å². The van der Waals surface area contributed by atoms with Crippen LogP contribution in [0.15, 0.2) is 51.8 Å². The lowest BCUT2D eigenvalue weighted by Crippen LogP contribution is -2.41. The van der Waals surface area contributed by atoms with Crippen molar-refractivity contribution in [3.63, 3.8) is 0 Å². The fourth-order valence-corrected chi connectivity index (χ4v) is 5.65. The molecule has 1 amide bonds. The Morgan fingerprint density at radius 2 is 1.84 bits per heavy atom. The summed E-state index contributed by atoms with van der Waals surface area (Å²) in [5.74, 6) is -0.147.